The lowest BCUT2D eigenvalue weighted by Gasteiger charge is -2.13. The van der Waals surface area contributed by atoms with Crippen molar-refractivity contribution in [3.05, 3.63) is 108 Å². The highest BCUT2D eigenvalue weighted by Gasteiger charge is 2.15. The van der Waals surface area contributed by atoms with Crippen molar-refractivity contribution in [2.45, 2.75) is 18.2 Å². The Kier molecular flexibility index (Phi) is 6.58. The SMILES string of the molecule is CCc1cc(S(C)(=O)=O)ccc1Nc1cc2c(ncn2C)c(N=C(c2ccccc2)c2ccccc2)n1. The first kappa shape index (κ1) is 24.4. The van der Waals surface area contributed by atoms with Crippen molar-refractivity contribution in [1.29, 1.82) is 0 Å². The Labute approximate surface area is 216 Å². The lowest BCUT2D eigenvalue weighted by atomic mass is 10.0. The molecule has 0 atom stereocenters. The molecule has 37 heavy (non-hydrogen) atoms. The molecule has 2 aromatic heterocycles. The van der Waals surface area contributed by atoms with Crippen molar-refractivity contribution in [1.82, 2.24) is 14.5 Å². The maximum absolute atomic E-state index is 12.0. The van der Waals surface area contributed by atoms with Crippen molar-refractivity contribution in [3.63, 3.8) is 0 Å². The van der Waals surface area contributed by atoms with E-state index in [0.29, 0.717) is 28.5 Å². The maximum Gasteiger partial charge on any atom is 0.183 e. The number of hydrogen-bond donors (Lipinski definition) is 1. The molecule has 0 saturated carbocycles. The Balaban J connectivity index is 1.65. The second kappa shape index (κ2) is 9.99. The summed E-state index contributed by atoms with van der Waals surface area (Å²) in [5.74, 6) is 1.09. The summed E-state index contributed by atoms with van der Waals surface area (Å²) in [7, 11) is -1.37. The van der Waals surface area contributed by atoms with Crippen molar-refractivity contribution in [3.8, 4) is 0 Å². The van der Waals surface area contributed by atoms with Gasteiger partial charge in [-0.25, -0.2) is 23.4 Å². The van der Waals surface area contributed by atoms with Gasteiger partial charge in [-0.15, -0.1) is 0 Å². The molecule has 0 saturated heterocycles. The van der Waals surface area contributed by atoms with Crippen LogP contribution in [0.3, 0.4) is 0 Å². The molecular formula is C29H27N5O2S. The van der Waals surface area contributed by atoms with E-state index in [2.05, 4.69) is 10.3 Å². The molecule has 7 nitrogen and oxygen atoms in total. The summed E-state index contributed by atoms with van der Waals surface area (Å²) in [5.41, 5.74) is 6.00. The highest BCUT2D eigenvalue weighted by atomic mass is 32.2. The number of aryl methyl sites for hydroxylation is 2. The second-order valence-electron chi connectivity index (χ2n) is 8.82. The average molecular weight is 510 g/mol. The molecule has 0 fully saturated rings. The van der Waals surface area contributed by atoms with Gasteiger partial charge in [0.05, 0.1) is 22.5 Å². The second-order valence-corrected chi connectivity index (χ2v) is 10.8. The summed E-state index contributed by atoms with van der Waals surface area (Å²) < 4.78 is 26.0. The quantitative estimate of drug-likeness (QED) is 0.278. The fourth-order valence-corrected chi connectivity index (χ4v) is 4.87. The monoisotopic (exact) mass is 509 g/mol. The van der Waals surface area contributed by atoms with Gasteiger partial charge in [-0.2, -0.15) is 0 Å². The minimum absolute atomic E-state index is 0.297. The van der Waals surface area contributed by atoms with E-state index in [1.54, 1.807) is 24.5 Å². The highest BCUT2D eigenvalue weighted by molar-refractivity contribution is 7.90. The summed E-state index contributed by atoms with van der Waals surface area (Å²) >= 11 is 0. The van der Waals surface area contributed by atoms with Gasteiger partial charge in [0, 0.05) is 36.2 Å². The number of nitrogens with one attached hydrogen (secondary N) is 1. The largest absolute Gasteiger partial charge is 0.340 e. The van der Waals surface area contributed by atoms with E-state index in [1.165, 1.54) is 6.26 Å². The van der Waals surface area contributed by atoms with Crippen molar-refractivity contribution >= 4 is 43.9 Å². The van der Waals surface area contributed by atoms with Crippen LogP contribution in [0.4, 0.5) is 17.3 Å². The fourth-order valence-electron chi connectivity index (χ4n) is 4.20. The Morgan fingerprint density at radius 2 is 1.59 bits per heavy atom. The standard InChI is InChI=1S/C29H27N5O2S/c1-4-20-17-23(37(3,35)36)15-16-24(20)31-26-18-25-28(30-19-34(25)2)29(32-26)33-27(21-11-7-5-8-12-21)22-13-9-6-10-14-22/h5-19H,4H2,1-3H3,(H,31,32). The number of rotatable bonds is 7. The predicted molar refractivity (Wildman–Crippen MR) is 149 cm³/mol. The zero-order valence-electron chi connectivity index (χ0n) is 20.9. The van der Waals surface area contributed by atoms with E-state index >= 15 is 0 Å². The summed E-state index contributed by atoms with van der Waals surface area (Å²) in [6, 6.07) is 27.1. The Bertz CT molecular complexity index is 1670. The minimum Gasteiger partial charge on any atom is -0.340 e. The summed E-state index contributed by atoms with van der Waals surface area (Å²) in [4.78, 5) is 14.8. The number of hydrogen-bond acceptors (Lipinski definition) is 6. The van der Waals surface area contributed by atoms with Gasteiger partial charge >= 0.3 is 0 Å². The highest BCUT2D eigenvalue weighted by Crippen LogP contribution is 2.30. The first-order valence-electron chi connectivity index (χ1n) is 11.9. The van der Waals surface area contributed by atoms with Crippen molar-refractivity contribution in [2.75, 3.05) is 11.6 Å². The molecule has 0 unspecified atom stereocenters. The zero-order valence-corrected chi connectivity index (χ0v) is 21.7. The molecule has 5 rings (SSSR count). The van der Waals surface area contributed by atoms with Crippen LogP contribution in [0.15, 0.2) is 101 Å². The Hall–Kier alpha value is -4.30. The third kappa shape index (κ3) is 5.15. The molecule has 0 aliphatic carbocycles. The van der Waals surface area contributed by atoms with Crippen LogP contribution in [0, 0.1) is 0 Å². The average Bonchev–Trinajstić information content (AvgIpc) is 3.28. The van der Waals surface area contributed by atoms with Gasteiger partial charge in [0.1, 0.15) is 11.3 Å². The van der Waals surface area contributed by atoms with Crippen LogP contribution in [0.25, 0.3) is 11.0 Å². The normalized spacial score (nSPS) is 11.4. The van der Waals surface area contributed by atoms with Gasteiger partial charge in [0.15, 0.2) is 15.7 Å². The lowest BCUT2D eigenvalue weighted by Crippen LogP contribution is -2.04. The molecule has 0 aliphatic rings. The third-order valence-electron chi connectivity index (χ3n) is 6.15. The number of nitrogens with zero attached hydrogens (tertiary/aromatic N) is 4. The Morgan fingerprint density at radius 3 is 2.19 bits per heavy atom. The number of pyridine rings is 1. The van der Waals surface area contributed by atoms with Crippen LogP contribution in [0.2, 0.25) is 0 Å². The van der Waals surface area contributed by atoms with Gasteiger partial charge in [-0.1, -0.05) is 67.6 Å². The van der Waals surface area contributed by atoms with Crippen LogP contribution in [0.5, 0.6) is 0 Å². The first-order chi connectivity index (χ1) is 17.8. The van der Waals surface area contributed by atoms with Gasteiger partial charge in [-0.05, 0) is 30.2 Å². The molecule has 5 aromatic rings. The number of fused-ring (bicyclic) bond motifs is 1. The summed E-state index contributed by atoms with van der Waals surface area (Å²) in [5, 5.41) is 3.39. The zero-order chi connectivity index (χ0) is 26.0. The van der Waals surface area contributed by atoms with Crippen LogP contribution in [-0.4, -0.2) is 34.9 Å². The molecule has 0 spiro atoms. The van der Waals surface area contributed by atoms with Gasteiger partial charge in [0.2, 0.25) is 0 Å². The molecule has 0 amide bonds. The van der Waals surface area contributed by atoms with E-state index in [0.717, 1.165) is 33.6 Å². The number of sulfone groups is 1. The number of aliphatic imine (C=N–C) groups is 1. The third-order valence-corrected chi connectivity index (χ3v) is 7.27. The smallest absolute Gasteiger partial charge is 0.183 e. The van der Waals surface area contributed by atoms with Crippen molar-refractivity contribution < 1.29 is 8.42 Å². The van der Waals surface area contributed by atoms with E-state index in [-0.39, 0.29) is 0 Å². The molecule has 1 N–H and O–H groups in total. The summed E-state index contributed by atoms with van der Waals surface area (Å²) in [6.07, 6.45) is 3.63. The van der Waals surface area contributed by atoms with Crippen LogP contribution in [-0.2, 0) is 23.3 Å². The van der Waals surface area contributed by atoms with Crippen LogP contribution < -0.4 is 5.32 Å². The maximum atomic E-state index is 12.0. The van der Waals surface area contributed by atoms with Gasteiger partial charge in [-0.3, -0.25) is 0 Å². The molecule has 186 valence electrons. The summed E-state index contributed by atoms with van der Waals surface area (Å²) in [6.45, 7) is 1.99. The number of anilines is 2. The molecular weight excluding hydrogens is 482 g/mol. The van der Waals surface area contributed by atoms with Gasteiger partial charge in [0.25, 0.3) is 0 Å². The molecule has 8 heteroatoms. The van der Waals surface area contributed by atoms with Crippen molar-refractivity contribution in [2.24, 2.45) is 12.0 Å². The minimum atomic E-state index is -3.30. The molecule has 0 radical (unpaired) electrons. The van der Waals surface area contributed by atoms with E-state index < -0.39 is 9.84 Å². The van der Waals surface area contributed by atoms with E-state index in [9.17, 15) is 8.42 Å². The molecule has 2 heterocycles. The van der Waals surface area contributed by atoms with E-state index in [4.69, 9.17) is 9.98 Å². The molecule has 0 aliphatic heterocycles. The topological polar surface area (TPSA) is 89.2 Å². The number of imidazole rings is 1. The van der Waals surface area contributed by atoms with E-state index in [1.807, 2.05) is 85.3 Å². The van der Waals surface area contributed by atoms with Crippen LogP contribution >= 0.6 is 0 Å². The van der Waals surface area contributed by atoms with Crippen LogP contribution in [0.1, 0.15) is 23.6 Å². The number of benzene rings is 3. The Morgan fingerprint density at radius 1 is 0.946 bits per heavy atom. The van der Waals surface area contributed by atoms with Gasteiger partial charge < -0.3 is 9.88 Å². The first-order valence-corrected chi connectivity index (χ1v) is 13.8. The predicted octanol–water partition coefficient (Wildman–Crippen LogP) is 5.85. The fraction of sp³-hybridized carbons (Fsp3) is 0.138. The molecule has 0 bridgehead atoms. The lowest BCUT2D eigenvalue weighted by molar-refractivity contribution is 0.602. The number of aromatic nitrogens is 3. The molecule has 3 aromatic carbocycles.